The molecule has 2 amide bonds. The van der Waals surface area contributed by atoms with Crippen LogP contribution < -0.4 is 20.3 Å². The van der Waals surface area contributed by atoms with E-state index in [2.05, 4.69) is 37.2 Å². The van der Waals surface area contributed by atoms with Crippen LogP contribution >= 0.6 is 11.6 Å². The number of alkyl halides is 3. The van der Waals surface area contributed by atoms with E-state index in [1.165, 1.54) is 12.3 Å². The first-order valence-electron chi connectivity index (χ1n) is 16.4. The van der Waals surface area contributed by atoms with Crippen molar-refractivity contribution in [3.8, 4) is 28.1 Å². The summed E-state index contributed by atoms with van der Waals surface area (Å²) in [6.07, 6.45) is -0.882. The van der Waals surface area contributed by atoms with Crippen molar-refractivity contribution in [3.05, 3.63) is 77.3 Å². The van der Waals surface area contributed by atoms with Gasteiger partial charge in [-0.25, -0.2) is 9.97 Å². The van der Waals surface area contributed by atoms with E-state index in [0.29, 0.717) is 43.5 Å². The van der Waals surface area contributed by atoms with E-state index in [1.807, 2.05) is 30.6 Å². The van der Waals surface area contributed by atoms with Gasteiger partial charge in [-0.1, -0.05) is 63.6 Å². The van der Waals surface area contributed by atoms with Crippen molar-refractivity contribution in [2.75, 3.05) is 42.9 Å². The van der Waals surface area contributed by atoms with Gasteiger partial charge in [0.05, 0.1) is 34.2 Å². The Labute approximate surface area is 293 Å². The van der Waals surface area contributed by atoms with Crippen LogP contribution in [0.25, 0.3) is 22.4 Å². The molecule has 0 radical (unpaired) electrons. The van der Waals surface area contributed by atoms with Gasteiger partial charge in [0, 0.05) is 49.4 Å². The first-order chi connectivity index (χ1) is 23.6. The van der Waals surface area contributed by atoms with Crippen LogP contribution in [0.3, 0.4) is 0 Å². The van der Waals surface area contributed by atoms with Crippen LogP contribution in [0.5, 0.6) is 5.75 Å². The average molecular weight is 710 g/mol. The number of anilines is 2. The lowest BCUT2D eigenvalue weighted by Gasteiger charge is -2.38. The second-order valence-electron chi connectivity index (χ2n) is 13.8. The van der Waals surface area contributed by atoms with Crippen LogP contribution in [-0.4, -0.2) is 70.8 Å². The summed E-state index contributed by atoms with van der Waals surface area (Å²) in [6, 6.07) is 12.7. The highest BCUT2D eigenvalue weighted by atomic mass is 35.5. The van der Waals surface area contributed by atoms with Crippen molar-refractivity contribution in [2.24, 2.45) is 11.3 Å². The summed E-state index contributed by atoms with van der Waals surface area (Å²) in [7, 11) is 0. The van der Waals surface area contributed by atoms with Crippen LogP contribution in [-0.2, 0) is 4.79 Å². The molecule has 264 valence electrons. The normalized spacial score (nSPS) is 18.3. The van der Waals surface area contributed by atoms with E-state index >= 15 is 0 Å². The Kier molecular flexibility index (Phi) is 9.82. The summed E-state index contributed by atoms with van der Waals surface area (Å²) in [5, 5.41) is 6.06. The van der Waals surface area contributed by atoms with E-state index < -0.39 is 23.4 Å². The second kappa shape index (κ2) is 13.9. The number of amides is 2. The number of ether oxygens (including phenoxy) is 1. The minimum Gasteiger partial charge on any atom is -0.405 e. The Hall–Kier alpha value is -4.62. The van der Waals surface area contributed by atoms with Crippen LogP contribution in [0.4, 0.5) is 24.7 Å². The zero-order valence-electron chi connectivity index (χ0n) is 28.2. The summed E-state index contributed by atoms with van der Waals surface area (Å²) in [5.41, 5.74) is 1.80. The Morgan fingerprint density at radius 1 is 0.960 bits per heavy atom. The molecule has 50 heavy (non-hydrogen) atoms. The summed E-state index contributed by atoms with van der Waals surface area (Å²) >= 11 is 6.52. The highest BCUT2D eigenvalue weighted by Gasteiger charge is 2.33. The summed E-state index contributed by atoms with van der Waals surface area (Å²) < 4.78 is 45.1. The number of halogens is 4. The van der Waals surface area contributed by atoms with Gasteiger partial charge in [-0.15, -0.1) is 13.2 Å². The lowest BCUT2D eigenvalue weighted by atomic mass is 9.94. The quantitative estimate of drug-likeness (QED) is 0.184. The maximum absolute atomic E-state index is 13.6. The fraction of sp³-hybridized carbons (Fsp3) is 0.389. The van der Waals surface area contributed by atoms with Gasteiger partial charge in [-0.3, -0.25) is 9.59 Å². The van der Waals surface area contributed by atoms with Crippen LogP contribution in [0.2, 0.25) is 5.02 Å². The first-order valence-corrected chi connectivity index (χ1v) is 16.8. The average Bonchev–Trinajstić information content (AvgIpc) is 3.74. The zero-order valence-corrected chi connectivity index (χ0v) is 29.0. The van der Waals surface area contributed by atoms with Crippen molar-refractivity contribution in [3.63, 3.8) is 0 Å². The van der Waals surface area contributed by atoms with Gasteiger partial charge in [0.2, 0.25) is 5.91 Å². The van der Waals surface area contributed by atoms with Gasteiger partial charge < -0.3 is 30.2 Å². The number of piperazine rings is 1. The third-order valence-corrected chi connectivity index (χ3v) is 9.18. The number of carbonyl (C=O) groups is 2. The van der Waals surface area contributed by atoms with E-state index in [4.69, 9.17) is 11.6 Å². The number of aromatic amines is 1. The molecule has 10 nitrogen and oxygen atoms in total. The van der Waals surface area contributed by atoms with Gasteiger partial charge in [-0.05, 0) is 48.2 Å². The van der Waals surface area contributed by atoms with Gasteiger partial charge in [0.1, 0.15) is 17.4 Å². The molecule has 2 saturated heterocycles. The van der Waals surface area contributed by atoms with E-state index in [9.17, 15) is 22.8 Å². The molecule has 0 saturated carbocycles. The van der Waals surface area contributed by atoms with Crippen LogP contribution in [0.1, 0.15) is 56.3 Å². The van der Waals surface area contributed by atoms with Gasteiger partial charge in [0.25, 0.3) is 5.91 Å². The SMILES string of the molecule is CC1CNC(c2ncc(-c3ccc(-c4cc(Cl)c(NC(=O)c5ccc(N6CCN(C(=O)C(C)(C)C)CC6)nc5)cc4OC(F)(F)F)cc3)[nH]2)C1. The third kappa shape index (κ3) is 8.05. The molecular formula is C36H39ClF3N7O3. The number of carbonyl (C=O) groups excluding carboxylic acids is 2. The van der Waals surface area contributed by atoms with Crippen molar-refractivity contribution in [1.82, 2.24) is 25.2 Å². The molecule has 2 fully saturated rings. The lowest BCUT2D eigenvalue weighted by molar-refractivity contribution is -0.274. The van der Waals surface area contributed by atoms with E-state index in [1.54, 1.807) is 42.6 Å². The number of H-pyrrole nitrogens is 1. The molecule has 2 aliphatic rings. The number of pyridine rings is 1. The second-order valence-corrected chi connectivity index (χ2v) is 14.2. The highest BCUT2D eigenvalue weighted by molar-refractivity contribution is 6.34. The molecule has 2 unspecified atom stereocenters. The molecule has 2 aromatic heterocycles. The van der Waals surface area contributed by atoms with Gasteiger partial charge in [-0.2, -0.15) is 0 Å². The number of hydrogen-bond acceptors (Lipinski definition) is 7. The number of benzene rings is 2. The molecule has 4 heterocycles. The van der Waals surface area contributed by atoms with Gasteiger partial charge in [0.15, 0.2) is 0 Å². The molecule has 4 aromatic rings. The molecule has 2 aliphatic heterocycles. The molecular weight excluding hydrogens is 671 g/mol. The zero-order chi connectivity index (χ0) is 35.8. The monoisotopic (exact) mass is 709 g/mol. The summed E-state index contributed by atoms with van der Waals surface area (Å²) in [5.74, 6) is 1.01. The topological polar surface area (TPSA) is 115 Å². The number of imidazole rings is 1. The van der Waals surface area contributed by atoms with Crippen molar-refractivity contribution >= 4 is 34.9 Å². The van der Waals surface area contributed by atoms with Crippen molar-refractivity contribution in [1.29, 1.82) is 0 Å². The lowest BCUT2D eigenvalue weighted by Crippen LogP contribution is -2.51. The largest absolute Gasteiger partial charge is 0.573 e. The van der Waals surface area contributed by atoms with E-state index in [-0.39, 0.29) is 33.8 Å². The minimum atomic E-state index is -4.99. The standard InChI is InChI=1S/C36H39ClF3N7O3/c1-21-15-28(41-18-21)32-43-20-29(44-32)23-7-5-22(6-8-23)25-16-26(37)27(17-30(25)50-36(38,39)40)45-33(48)24-9-10-31(42-19-24)46-11-13-47(14-12-46)34(49)35(2,3)4/h5-10,16-17,19-21,28,41H,11-15,18H2,1-4H3,(H,43,44)(H,45,48). The fourth-order valence-electron chi connectivity index (χ4n) is 6.21. The maximum Gasteiger partial charge on any atom is 0.573 e. The Morgan fingerprint density at radius 2 is 1.66 bits per heavy atom. The Balaban J connectivity index is 1.15. The molecule has 14 heteroatoms. The third-order valence-electron chi connectivity index (χ3n) is 8.87. The van der Waals surface area contributed by atoms with Crippen molar-refractivity contribution < 1.29 is 27.5 Å². The predicted octanol–water partition coefficient (Wildman–Crippen LogP) is 7.31. The smallest absolute Gasteiger partial charge is 0.405 e. The first kappa shape index (κ1) is 35.2. The summed E-state index contributed by atoms with van der Waals surface area (Å²) in [6.45, 7) is 11.1. The maximum atomic E-state index is 13.6. The molecule has 2 atom stereocenters. The van der Waals surface area contributed by atoms with Crippen LogP contribution in [0, 0.1) is 11.3 Å². The Bertz CT molecular complexity index is 1850. The van der Waals surface area contributed by atoms with E-state index in [0.717, 1.165) is 36.1 Å². The van der Waals surface area contributed by atoms with Gasteiger partial charge >= 0.3 is 6.36 Å². The molecule has 0 aliphatic carbocycles. The molecule has 3 N–H and O–H groups in total. The molecule has 6 rings (SSSR count). The number of rotatable bonds is 7. The minimum absolute atomic E-state index is 0.0238. The number of nitrogens with zero attached hydrogens (tertiary/aromatic N) is 4. The molecule has 0 spiro atoms. The number of nitrogens with one attached hydrogen (secondary N) is 3. The van der Waals surface area contributed by atoms with Crippen LogP contribution in [0.15, 0.2) is 60.9 Å². The predicted molar refractivity (Wildman–Crippen MR) is 186 cm³/mol. The number of aromatic nitrogens is 3. The highest BCUT2D eigenvalue weighted by Crippen LogP contribution is 2.41. The Morgan fingerprint density at radius 3 is 2.26 bits per heavy atom. The molecule has 2 aromatic carbocycles. The molecule has 0 bridgehead atoms. The fourth-order valence-corrected chi connectivity index (χ4v) is 6.42. The number of hydrogen-bond donors (Lipinski definition) is 3. The summed E-state index contributed by atoms with van der Waals surface area (Å²) in [4.78, 5) is 41.9. The van der Waals surface area contributed by atoms with Crippen molar-refractivity contribution in [2.45, 2.75) is 46.5 Å².